The van der Waals surface area contributed by atoms with Gasteiger partial charge in [-0.2, -0.15) is 0 Å². The predicted molar refractivity (Wildman–Crippen MR) is 111 cm³/mol. The second kappa shape index (κ2) is 9.31. The van der Waals surface area contributed by atoms with Gasteiger partial charge in [-0.3, -0.25) is 4.79 Å². The van der Waals surface area contributed by atoms with E-state index in [2.05, 4.69) is 0 Å². The van der Waals surface area contributed by atoms with Crippen LogP contribution in [0, 0.1) is 0 Å². The monoisotopic (exact) mass is 427 g/mol. The van der Waals surface area contributed by atoms with Gasteiger partial charge in [-0.15, -0.1) is 0 Å². The van der Waals surface area contributed by atoms with Gasteiger partial charge >= 0.3 is 11.9 Å². The zero-order chi connectivity index (χ0) is 22.5. The molecule has 1 unspecified atom stereocenters. The van der Waals surface area contributed by atoms with Crippen LogP contribution < -0.4 is 20.6 Å². The number of rotatable bonds is 7. The maximum absolute atomic E-state index is 12.7. The maximum atomic E-state index is 12.7. The number of phenols is 1. The molecular formula is C22H21NO8. The fourth-order valence-corrected chi connectivity index (χ4v) is 2.59. The van der Waals surface area contributed by atoms with Crippen molar-refractivity contribution in [3.63, 3.8) is 0 Å². The molecule has 0 aliphatic carbocycles. The van der Waals surface area contributed by atoms with Crippen LogP contribution in [0.15, 0.2) is 51.9 Å². The number of hydrogen-bond acceptors (Lipinski definition) is 9. The number of carbonyl (C=O) groups excluding carboxylic acids is 2. The highest BCUT2D eigenvalue weighted by Crippen LogP contribution is 2.31. The van der Waals surface area contributed by atoms with Crippen molar-refractivity contribution in [3.05, 3.63) is 58.4 Å². The smallest absolute Gasteiger partial charge is 0.338 e. The molecule has 162 valence electrons. The molecule has 1 aromatic heterocycles. The molecule has 0 radical (unpaired) electrons. The summed E-state index contributed by atoms with van der Waals surface area (Å²) in [5.74, 6) is -1.52. The van der Waals surface area contributed by atoms with Crippen LogP contribution in [0.1, 0.15) is 30.6 Å². The van der Waals surface area contributed by atoms with E-state index in [1.807, 2.05) is 6.92 Å². The van der Waals surface area contributed by atoms with Crippen LogP contribution in [0.5, 0.6) is 23.0 Å². The van der Waals surface area contributed by atoms with Gasteiger partial charge in [0, 0.05) is 12.1 Å². The summed E-state index contributed by atoms with van der Waals surface area (Å²) in [6, 6.07) is 7.56. The molecule has 3 rings (SSSR count). The van der Waals surface area contributed by atoms with Crippen LogP contribution in [-0.2, 0) is 9.53 Å². The summed E-state index contributed by atoms with van der Waals surface area (Å²) >= 11 is 0. The van der Waals surface area contributed by atoms with Gasteiger partial charge < -0.3 is 29.5 Å². The van der Waals surface area contributed by atoms with Crippen LogP contribution in [-0.4, -0.2) is 29.7 Å². The molecule has 31 heavy (non-hydrogen) atoms. The lowest BCUT2D eigenvalue weighted by molar-refractivity contribution is -0.135. The lowest BCUT2D eigenvalue weighted by Gasteiger charge is -2.10. The highest BCUT2D eigenvalue weighted by molar-refractivity contribution is 5.89. The van der Waals surface area contributed by atoms with E-state index in [0.29, 0.717) is 18.6 Å². The Bertz CT molecular complexity index is 1160. The number of fused-ring (bicyclic) bond motifs is 1. The molecule has 1 heterocycles. The molecule has 3 N–H and O–H groups in total. The number of nitrogens with two attached hydrogens (primary N) is 1. The Kier molecular flexibility index (Phi) is 6.56. The Balaban J connectivity index is 1.84. The first-order valence-electron chi connectivity index (χ1n) is 9.51. The van der Waals surface area contributed by atoms with Crippen molar-refractivity contribution in [2.75, 3.05) is 6.61 Å². The Hall–Kier alpha value is -3.85. The van der Waals surface area contributed by atoms with E-state index in [1.165, 1.54) is 37.3 Å². The Labute approximate surface area is 176 Å². The molecule has 0 saturated heterocycles. The number of ether oxygens (including phenoxy) is 3. The molecular weight excluding hydrogens is 406 g/mol. The normalized spacial score (nSPS) is 11.7. The topological polar surface area (TPSA) is 138 Å². The van der Waals surface area contributed by atoms with Crippen LogP contribution in [0.4, 0.5) is 0 Å². The van der Waals surface area contributed by atoms with Crippen LogP contribution in [0.3, 0.4) is 0 Å². The third kappa shape index (κ3) is 5.01. The standard InChI is InChI=1S/C22H21NO8/c1-3-8-28-22(27)13-4-6-14(7-5-13)30-18-11-29-17-10-15(31-21(26)12(2)23)9-16(24)19(17)20(18)25/h4-7,9-12,24H,3,8,23H2,1-2H3. The molecule has 9 heteroatoms. The van der Waals surface area contributed by atoms with E-state index in [1.54, 1.807) is 0 Å². The quantitative estimate of drug-likeness (QED) is 0.430. The van der Waals surface area contributed by atoms with Crippen molar-refractivity contribution < 1.29 is 33.3 Å². The number of benzene rings is 2. The minimum absolute atomic E-state index is 0.00107. The molecule has 0 aliphatic heterocycles. The van der Waals surface area contributed by atoms with E-state index in [-0.39, 0.29) is 28.2 Å². The number of aromatic hydroxyl groups is 1. The molecule has 2 aromatic carbocycles. The van der Waals surface area contributed by atoms with Gasteiger partial charge in [0.25, 0.3) is 0 Å². The van der Waals surface area contributed by atoms with Gasteiger partial charge in [-0.25, -0.2) is 9.59 Å². The third-order valence-corrected chi connectivity index (χ3v) is 4.14. The second-order valence-electron chi connectivity index (χ2n) is 6.72. The minimum Gasteiger partial charge on any atom is -0.507 e. The maximum Gasteiger partial charge on any atom is 0.338 e. The van der Waals surface area contributed by atoms with E-state index >= 15 is 0 Å². The van der Waals surface area contributed by atoms with Gasteiger partial charge in [-0.05, 0) is 37.6 Å². The first-order chi connectivity index (χ1) is 14.8. The molecule has 3 aromatic rings. The van der Waals surface area contributed by atoms with Crippen LogP contribution >= 0.6 is 0 Å². The summed E-state index contributed by atoms with van der Waals surface area (Å²) in [5, 5.41) is 10.1. The summed E-state index contributed by atoms with van der Waals surface area (Å²) in [4.78, 5) is 36.2. The molecule has 0 amide bonds. The van der Waals surface area contributed by atoms with Crippen molar-refractivity contribution in [3.8, 4) is 23.0 Å². The van der Waals surface area contributed by atoms with Gasteiger partial charge in [0.1, 0.15) is 40.5 Å². The van der Waals surface area contributed by atoms with Gasteiger partial charge in [0.2, 0.25) is 11.2 Å². The number of esters is 2. The largest absolute Gasteiger partial charge is 0.507 e. The highest BCUT2D eigenvalue weighted by Gasteiger charge is 2.17. The molecule has 9 nitrogen and oxygen atoms in total. The third-order valence-electron chi connectivity index (χ3n) is 4.14. The number of hydrogen-bond donors (Lipinski definition) is 2. The number of phenolic OH excluding ortho intramolecular Hbond substituents is 1. The van der Waals surface area contributed by atoms with E-state index < -0.39 is 29.2 Å². The van der Waals surface area contributed by atoms with Gasteiger partial charge in [-0.1, -0.05) is 6.92 Å². The molecule has 0 bridgehead atoms. The van der Waals surface area contributed by atoms with Crippen LogP contribution in [0.25, 0.3) is 11.0 Å². The fourth-order valence-electron chi connectivity index (χ4n) is 2.59. The lowest BCUT2D eigenvalue weighted by atomic mass is 10.2. The van der Waals surface area contributed by atoms with Crippen molar-refractivity contribution in [1.82, 2.24) is 0 Å². The Morgan fingerprint density at radius 2 is 1.87 bits per heavy atom. The lowest BCUT2D eigenvalue weighted by Crippen LogP contribution is -2.30. The SMILES string of the molecule is CCCOC(=O)c1ccc(Oc2coc3cc(OC(=O)C(C)N)cc(O)c3c2=O)cc1. The molecule has 0 saturated carbocycles. The van der Waals surface area contributed by atoms with Crippen molar-refractivity contribution in [2.24, 2.45) is 5.73 Å². The summed E-state index contributed by atoms with van der Waals surface area (Å²) < 4.78 is 21.0. The first-order valence-corrected chi connectivity index (χ1v) is 9.51. The van der Waals surface area contributed by atoms with E-state index in [0.717, 1.165) is 12.3 Å². The average Bonchev–Trinajstić information content (AvgIpc) is 2.74. The Morgan fingerprint density at radius 1 is 1.16 bits per heavy atom. The van der Waals surface area contributed by atoms with Crippen molar-refractivity contribution >= 4 is 22.9 Å². The van der Waals surface area contributed by atoms with Gasteiger partial charge in [0.15, 0.2) is 0 Å². The van der Waals surface area contributed by atoms with Crippen LogP contribution in [0.2, 0.25) is 0 Å². The fraction of sp³-hybridized carbons (Fsp3) is 0.227. The number of carbonyl (C=O) groups is 2. The zero-order valence-electron chi connectivity index (χ0n) is 16.9. The second-order valence-corrected chi connectivity index (χ2v) is 6.72. The summed E-state index contributed by atoms with van der Waals surface area (Å²) in [6.07, 6.45) is 1.79. The van der Waals surface area contributed by atoms with Crippen molar-refractivity contribution in [1.29, 1.82) is 0 Å². The van der Waals surface area contributed by atoms with Crippen molar-refractivity contribution in [2.45, 2.75) is 26.3 Å². The zero-order valence-corrected chi connectivity index (χ0v) is 16.9. The summed E-state index contributed by atoms with van der Waals surface area (Å²) in [5.41, 5.74) is 5.16. The molecule has 0 aliphatic rings. The van der Waals surface area contributed by atoms with E-state index in [9.17, 15) is 19.5 Å². The molecule has 0 fully saturated rings. The first kappa shape index (κ1) is 21.8. The summed E-state index contributed by atoms with van der Waals surface area (Å²) in [7, 11) is 0. The average molecular weight is 427 g/mol. The van der Waals surface area contributed by atoms with Gasteiger partial charge in [0.05, 0.1) is 12.2 Å². The predicted octanol–water partition coefficient (Wildman–Crippen LogP) is 3.11. The van der Waals surface area contributed by atoms with E-state index in [4.69, 9.17) is 24.4 Å². The Morgan fingerprint density at radius 3 is 2.52 bits per heavy atom. The minimum atomic E-state index is -0.861. The highest BCUT2D eigenvalue weighted by atomic mass is 16.5. The molecule has 0 spiro atoms. The summed E-state index contributed by atoms with van der Waals surface area (Å²) in [6.45, 7) is 3.67. The molecule has 1 atom stereocenters.